The molecule has 2 rings (SSSR count). The SMILES string of the molecule is C=C(C=C(CC)NN(C)C(=C)C1=CCCCC1C)CNC1CCC(=O)NC1=O. The zero-order valence-corrected chi connectivity index (χ0v) is 17.4. The van der Waals surface area contributed by atoms with Crippen LogP contribution in [0.4, 0.5) is 0 Å². The molecule has 6 heteroatoms. The minimum absolute atomic E-state index is 0.204. The van der Waals surface area contributed by atoms with Crippen molar-refractivity contribution in [2.24, 2.45) is 5.92 Å². The van der Waals surface area contributed by atoms with E-state index >= 15 is 0 Å². The summed E-state index contributed by atoms with van der Waals surface area (Å²) < 4.78 is 0. The standard InChI is InChI=1S/C22H34N4O2/c1-6-18(25-26(5)17(4)19-10-8-7-9-16(19)3)13-15(2)14-23-20-11-12-21(27)24-22(20)28/h10,13,16,20,23,25H,2,4,6-9,11-12,14H2,1,3,5H3,(H,24,27,28). The van der Waals surface area contributed by atoms with Crippen molar-refractivity contribution in [1.29, 1.82) is 0 Å². The summed E-state index contributed by atoms with van der Waals surface area (Å²) in [6.07, 6.45) is 9.59. The molecule has 0 bridgehead atoms. The first-order chi connectivity index (χ1) is 13.3. The van der Waals surface area contributed by atoms with Crippen LogP contribution in [0.5, 0.6) is 0 Å². The fraction of sp³-hybridized carbons (Fsp3) is 0.545. The minimum atomic E-state index is -0.344. The van der Waals surface area contributed by atoms with Crippen molar-refractivity contribution in [3.8, 4) is 0 Å². The number of hydrogen-bond acceptors (Lipinski definition) is 5. The van der Waals surface area contributed by atoms with Gasteiger partial charge in [0.25, 0.3) is 0 Å². The fourth-order valence-electron chi connectivity index (χ4n) is 3.57. The maximum absolute atomic E-state index is 11.8. The number of nitrogens with zero attached hydrogens (tertiary/aromatic N) is 1. The summed E-state index contributed by atoms with van der Waals surface area (Å²) in [5.74, 6) is 0.0740. The van der Waals surface area contributed by atoms with Crippen molar-refractivity contribution in [2.45, 2.75) is 58.4 Å². The van der Waals surface area contributed by atoms with Gasteiger partial charge in [-0.3, -0.25) is 19.9 Å². The first-order valence-electron chi connectivity index (χ1n) is 10.2. The fourth-order valence-corrected chi connectivity index (χ4v) is 3.57. The van der Waals surface area contributed by atoms with Crippen molar-refractivity contribution < 1.29 is 9.59 Å². The van der Waals surface area contributed by atoms with Gasteiger partial charge in [0.2, 0.25) is 11.8 Å². The van der Waals surface area contributed by atoms with Gasteiger partial charge in [0.1, 0.15) is 0 Å². The van der Waals surface area contributed by atoms with Gasteiger partial charge in [-0.2, -0.15) is 0 Å². The first kappa shape index (κ1) is 22.0. The third-order valence-electron chi connectivity index (χ3n) is 5.36. The molecule has 2 unspecified atom stereocenters. The smallest absolute Gasteiger partial charge is 0.243 e. The molecular formula is C22H34N4O2. The summed E-state index contributed by atoms with van der Waals surface area (Å²) in [5.41, 5.74) is 7.63. The number of nitrogens with one attached hydrogen (secondary N) is 3. The lowest BCUT2D eigenvalue weighted by Gasteiger charge is -2.30. The van der Waals surface area contributed by atoms with Gasteiger partial charge in [-0.05, 0) is 55.2 Å². The molecule has 1 saturated heterocycles. The molecule has 0 aromatic rings. The second-order valence-electron chi connectivity index (χ2n) is 7.67. The predicted molar refractivity (Wildman–Crippen MR) is 113 cm³/mol. The third kappa shape index (κ3) is 6.09. The zero-order valence-electron chi connectivity index (χ0n) is 17.4. The highest BCUT2D eigenvalue weighted by molar-refractivity contribution is 6.00. The van der Waals surface area contributed by atoms with E-state index in [1.165, 1.54) is 18.4 Å². The number of hydrogen-bond donors (Lipinski definition) is 3. The van der Waals surface area contributed by atoms with Crippen LogP contribution >= 0.6 is 0 Å². The number of amides is 2. The van der Waals surface area contributed by atoms with Crippen molar-refractivity contribution in [1.82, 2.24) is 21.1 Å². The van der Waals surface area contributed by atoms with Crippen LogP contribution < -0.4 is 16.1 Å². The summed E-state index contributed by atoms with van der Waals surface area (Å²) in [7, 11) is 1.98. The Balaban J connectivity index is 1.88. The van der Waals surface area contributed by atoms with Gasteiger partial charge in [0.15, 0.2) is 0 Å². The molecule has 2 aliphatic rings. The number of piperidine rings is 1. The normalized spacial score (nSPS) is 23.0. The zero-order chi connectivity index (χ0) is 20.7. The molecule has 28 heavy (non-hydrogen) atoms. The molecule has 1 heterocycles. The van der Waals surface area contributed by atoms with Crippen molar-refractivity contribution in [3.63, 3.8) is 0 Å². The third-order valence-corrected chi connectivity index (χ3v) is 5.36. The lowest BCUT2D eigenvalue weighted by atomic mass is 9.87. The van der Waals surface area contributed by atoms with Crippen molar-refractivity contribution in [3.05, 3.63) is 47.9 Å². The molecule has 6 nitrogen and oxygen atoms in total. The second kappa shape index (κ2) is 10.3. The number of rotatable bonds is 9. The van der Waals surface area contributed by atoms with E-state index in [9.17, 15) is 9.59 Å². The Hall–Kier alpha value is -2.34. The minimum Gasteiger partial charge on any atom is -0.303 e. The molecule has 0 aromatic heterocycles. The first-order valence-corrected chi connectivity index (χ1v) is 10.2. The van der Waals surface area contributed by atoms with Crippen LogP contribution in [0.25, 0.3) is 0 Å². The summed E-state index contributed by atoms with van der Waals surface area (Å²) in [4.78, 5) is 23.0. The van der Waals surface area contributed by atoms with Gasteiger partial charge in [-0.15, -0.1) is 0 Å². The summed E-state index contributed by atoms with van der Waals surface area (Å²) >= 11 is 0. The van der Waals surface area contributed by atoms with Crippen LogP contribution in [0.3, 0.4) is 0 Å². The van der Waals surface area contributed by atoms with Crippen LogP contribution in [-0.4, -0.2) is 36.5 Å². The van der Waals surface area contributed by atoms with E-state index in [4.69, 9.17) is 0 Å². The topological polar surface area (TPSA) is 73.5 Å². The highest BCUT2D eigenvalue weighted by Gasteiger charge is 2.25. The average Bonchev–Trinajstić information content (AvgIpc) is 2.66. The van der Waals surface area contributed by atoms with Crippen LogP contribution in [-0.2, 0) is 9.59 Å². The Morgan fingerprint density at radius 1 is 1.36 bits per heavy atom. The van der Waals surface area contributed by atoms with Gasteiger partial charge < -0.3 is 10.7 Å². The summed E-state index contributed by atoms with van der Waals surface area (Å²) in [6, 6.07) is -0.344. The maximum atomic E-state index is 11.8. The van der Waals surface area contributed by atoms with E-state index in [0.29, 0.717) is 25.3 Å². The Morgan fingerprint density at radius 3 is 2.75 bits per heavy atom. The Morgan fingerprint density at radius 2 is 2.11 bits per heavy atom. The van der Waals surface area contributed by atoms with E-state index in [-0.39, 0.29) is 17.9 Å². The lowest BCUT2D eigenvalue weighted by molar-refractivity contribution is -0.134. The Labute approximate surface area is 168 Å². The molecular weight excluding hydrogens is 352 g/mol. The molecule has 0 spiro atoms. The van der Waals surface area contributed by atoms with Gasteiger partial charge in [0, 0.05) is 25.7 Å². The quantitative estimate of drug-likeness (QED) is 0.323. The molecule has 1 fully saturated rings. The van der Waals surface area contributed by atoms with Crippen LogP contribution in [0, 0.1) is 5.92 Å². The number of likely N-dealkylation sites (N-methyl/N-ethyl adjacent to an activating group) is 1. The number of carbonyl (C=O) groups is 2. The predicted octanol–water partition coefficient (Wildman–Crippen LogP) is 2.93. The number of allylic oxidation sites excluding steroid dienone is 3. The van der Waals surface area contributed by atoms with Crippen LogP contribution in [0.1, 0.15) is 52.4 Å². The van der Waals surface area contributed by atoms with E-state index in [1.807, 2.05) is 18.1 Å². The molecule has 3 N–H and O–H groups in total. The Bertz CT molecular complexity index is 693. The molecule has 0 aromatic carbocycles. The Kier molecular flexibility index (Phi) is 8.05. The largest absolute Gasteiger partial charge is 0.303 e. The highest BCUT2D eigenvalue weighted by Crippen LogP contribution is 2.29. The monoisotopic (exact) mass is 386 g/mol. The molecule has 1 aliphatic heterocycles. The van der Waals surface area contributed by atoms with Gasteiger partial charge >= 0.3 is 0 Å². The number of hydrazine groups is 1. The molecule has 0 radical (unpaired) electrons. The summed E-state index contributed by atoms with van der Waals surface area (Å²) in [5, 5.41) is 7.51. The molecule has 1 aliphatic carbocycles. The van der Waals surface area contributed by atoms with Gasteiger partial charge in [0.05, 0.1) is 11.7 Å². The van der Waals surface area contributed by atoms with Crippen molar-refractivity contribution in [2.75, 3.05) is 13.6 Å². The molecule has 154 valence electrons. The molecule has 2 amide bonds. The number of imide groups is 1. The second-order valence-corrected chi connectivity index (χ2v) is 7.67. The van der Waals surface area contributed by atoms with Gasteiger partial charge in [-0.25, -0.2) is 0 Å². The molecule has 2 atom stereocenters. The van der Waals surface area contributed by atoms with Crippen molar-refractivity contribution >= 4 is 11.8 Å². The highest BCUT2D eigenvalue weighted by atomic mass is 16.2. The van der Waals surface area contributed by atoms with E-state index in [2.05, 4.69) is 49.1 Å². The van der Waals surface area contributed by atoms with Crippen LogP contribution in [0.2, 0.25) is 0 Å². The number of carbonyl (C=O) groups excluding carboxylic acids is 2. The van der Waals surface area contributed by atoms with Crippen LogP contribution in [0.15, 0.2) is 47.9 Å². The molecule has 0 saturated carbocycles. The summed E-state index contributed by atoms with van der Waals surface area (Å²) in [6.45, 7) is 13.2. The maximum Gasteiger partial charge on any atom is 0.243 e. The van der Waals surface area contributed by atoms with E-state index in [0.717, 1.165) is 29.8 Å². The van der Waals surface area contributed by atoms with E-state index in [1.54, 1.807) is 0 Å². The van der Waals surface area contributed by atoms with Gasteiger partial charge in [-0.1, -0.05) is 33.1 Å². The van der Waals surface area contributed by atoms with E-state index < -0.39 is 0 Å². The lowest BCUT2D eigenvalue weighted by Crippen LogP contribution is -2.50. The average molecular weight is 387 g/mol.